The fourth-order valence-corrected chi connectivity index (χ4v) is 1.22. The Labute approximate surface area is 162 Å². The van der Waals surface area contributed by atoms with E-state index in [1.54, 1.807) is 12.1 Å². The number of anilines is 2. The van der Waals surface area contributed by atoms with E-state index >= 15 is 0 Å². The average molecular weight is 315 g/mol. The van der Waals surface area contributed by atoms with Crippen LogP contribution in [0.3, 0.4) is 0 Å². The van der Waals surface area contributed by atoms with Gasteiger partial charge in [0.25, 0.3) is 0 Å². The molecule has 0 amide bonds. The van der Waals surface area contributed by atoms with Crippen LogP contribution < -0.4 is 72.9 Å². The Morgan fingerprint density at radius 3 is 2.19 bits per heavy atom. The number of nitrogens with two attached hydrogens (primary N) is 2. The molecule has 0 bridgehead atoms. The van der Waals surface area contributed by atoms with Crippen molar-refractivity contribution in [2.75, 3.05) is 11.5 Å². The van der Waals surface area contributed by atoms with E-state index in [9.17, 15) is 14.7 Å². The number of nitrogens with zero attached hydrogens (tertiary/aromatic N) is 1. The molecule has 0 fully saturated rings. The molecule has 0 aliphatic rings. The molecule has 0 saturated heterocycles. The van der Waals surface area contributed by atoms with Gasteiger partial charge in [-0.15, -0.1) is 0 Å². The maximum atomic E-state index is 10.3. The van der Waals surface area contributed by atoms with Gasteiger partial charge in [-0.3, -0.25) is 4.98 Å². The molecule has 0 unspecified atom stereocenters. The quantitative estimate of drug-likeness (QED) is 0.474. The Kier molecular flexibility index (Phi) is 8.74. The molecule has 8 nitrogen and oxygen atoms in total. The number of nitrogen functional groups attached to an aromatic ring is 2. The number of carbonyl (C=O) groups excluding carboxylic acids is 1. The second-order valence-electron chi connectivity index (χ2n) is 3.53. The minimum Gasteiger partial charge on any atom is -0.543 e. The minimum atomic E-state index is -1.35. The molecule has 21 heavy (non-hydrogen) atoms. The maximum Gasteiger partial charge on any atom is 1.00 e. The number of carboxylic acids is 2. The molecule has 0 radical (unpaired) electrons. The van der Waals surface area contributed by atoms with Crippen molar-refractivity contribution in [1.29, 1.82) is 0 Å². The van der Waals surface area contributed by atoms with Crippen LogP contribution >= 0.6 is 0 Å². The number of carbonyl (C=O) groups is 2. The normalized spacial score (nSPS) is 8.76. The van der Waals surface area contributed by atoms with Gasteiger partial charge in [0.05, 0.1) is 11.7 Å². The number of rotatable bonds is 2. The largest absolute Gasteiger partial charge is 1.00 e. The molecule has 0 aliphatic heterocycles. The van der Waals surface area contributed by atoms with Crippen LogP contribution in [0.2, 0.25) is 0 Å². The van der Waals surface area contributed by atoms with Gasteiger partial charge in [0.2, 0.25) is 0 Å². The molecule has 0 atom stereocenters. The Morgan fingerprint density at radius 1 is 1.19 bits per heavy atom. The number of nitrogens with one attached hydrogen (secondary N) is 1. The van der Waals surface area contributed by atoms with Gasteiger partial charge in [0.15, 0.2) is 6.20 Å². The van der Waals surface area contributed by atoms with Crippen LogP contribution in [0, 0.1) is 0 Å². The molecular formula is C12H12KN4O4+. The first-order valence-electron chi connectivity index (χ1n) is 5.34. The third-order valence-corrected chi connectivity index (χ3v) is 2.13. The Bertz CT molecular complexity index is 581. The van der Waals surface area contributed by atoms with Crippen LogP contribution in [0.4, 0.5) is 11.4 Å². The van der Waals surface area contributed by atoms with E-state index in [2.05, 4.69) is 9.97 Å². The third kappa shape index (κ3) is 6.19. The molecule has 0 saturated carbocycles. The summed E-state index contributed by atoms with van der Waals surface area (Å²) < 4.78 is 0. The number of H-pyrrole nitrogens is 1. The molecule has 0 aromatic carbocycles. The van der Waals surface area contributed by atoms with Crippen LogP contribution in [0.5, 0.6) is 0 Å². The predicted octanol–water partition coefficient (Wildman–Crippen LogP) is -4.19. The van der Waals surface area contributed by atoms with Gasteiger partial charge in [0, 0.05) is 12.3 Å². The maximum absolute atomic E-state index is 10.3. The van der Waals surface area contributed by atoms with Crippen molar-refractivity contribution in [3.63, 3.8) is 0 Å². The number of pyridine rings is 2. The van der Waals surface area contributed by atoms with Crippen LogP contribution in [-0.4, -0.2) is 22.0 Å². The van der Waals surface area contributed by atoms with E-state index in [-0.39, 0.29) is 74.1 Å². The summed E-state index contributed by atoms with van der Waals surface area (Å²) in [4.78, 5) is 26.5. The summed E-state index contributed by atoms with van der Waals surface area (Å²) in [6, 6.07) is 6.18. The minimum absolute atomic E-state index is 0. The summed E-state index contributed by atoms with van der Waals surface area (Å²) in [5.41, 5.74) is 10.7. The van der Waals surface area contributed by atoms with Crippen LogP contribution in [0.1, 0.15) is 21.0 Å². The molecule has 2 aromatic rings. The first-order valence-corrected chi connectivity index (χ1v) is 5.34. The first-order chi connectivity index (χ1) is 9.43. The van der Waals surface area contributed by atoms with E-state index in [0.717, 1.165) is 0 Å². The SMILES string of the molecule is Nc1ccc[nH+]c1C(=O)O.Nc1cccnc1C(=O)[O-].[K+]. The molecule has 0 spiro atoms. The van der Waals surface area contributed by atoms with Crippen molar-refractivity contribution >= 4 is 23.3 Å². The average Bonchev–Trinajstić information content (AvgIpc) is 2.40. The zero-order valence-electron chi connectivity index (χ0n) is 11.2. The molecule has 9 heteroatoms. The van der Waals surface area contributed by atoms with E-state index < -0.39 is 11.9 Å². The van der Waals surface area contributed by atoms with E-state index in [1.807, 2.05) is 0 Å². The number of hydrogen-bond donors (Lipinski definition) is 3. The number of carboxylic acid groups (broad SMARTS) is 2. The molecular weight excluding hydrogens is 303 g/mol. The summed E-state index contributed by atoms with van der Waals surface area (Å²) >= 11 is 0. The Morgan fingerprint density at radius 2 is 1.81 bits per heavy atom. The molecule has 104 valence electrons. The number of aromatic amines is 1. The van der Waals surface area contributed by atoms with Gasteiger partial charge in [-0.05, 0) is 18.2 Å². The van der Waals surface area contributed by atoms with Crippen LogP contribution in [-0.2, 0) is 0 Å². The molecule has 0 aliphatic carbocycles. The summed E-state index contributed by atoms with van der Waals surface area (Å²) in [6.45, 7) is 0. The number of aromatic carboxylic acids is 2. The van der Waals surface area contributed by atoms with Gasteiger partial charge < -0.3 is 26.5 Å². The zero-order chi connectivity index (χ0) is 15.1. The van der Waals surface area contributed by atoms with Gasteiger partial charge in [0.1, 0.15) is 11.4 Å². The summed E-state index contributed by atoms with van der Waals surface area (Å²) in [7, 11) is 0. The molecule has 2 heterocycles. The zero-order valence-corrected chi connectivity index (χ0v) is 14.4. The summed E-state index contributed by atoms with van der Waals surface area (Å²) in [5, 5.41) is 18.6. The molecule has 2 aromatic heterocycles. The smallest absolute Gasteiger partial charge is 0.543 e. The fraction of sp³-hybridized carbons (Fsp3) is 0. The van der Waals surface area contributed by atoms with Gasteiger partial charge in [-0.25, -0.2) is 9.78 Å². The monoisotopic (exact) mass is 315 g/mol. The molecule has 2 rings (SSSR count). The predicted molar refractivity (Wildman–Crippen MR) is 67.3 cm³/mol. The summed E-state index contributed by atoms with van der Waals surface area (Å²) in [5.74, 6) is -2.39. The Balaban J connectivity index is 0.000000364. The van der Waals surface area contributed by atoms with Crippen molar-refractivity contribution < 1.29 is 76.2 Å². The van der Waals surface area contributed by atoms with E-state index in [0.29, 0.717) is 0 Å². The standard InChI is InChI=1S/2C6H6N2O2.K/c2*7-4-2-1-3-8-5(4)6(9)10;/h2*1-3H,7H2,(H,9,10);/q;;+1. The van der Waals surface area contributed by atoms with Crippen molar-refractivity contribution in [2.45, 2.75) is 0 Å². The van der Waals surface area contributed by atoms with Gasteiger partial charge in [-0.2, -0.15) is 0 Å². The third-order valence-electron chi connectivity index (χ3n) is 2.13. The van der Waals surface area contributed by atoms with Crippen molar-refractivity contribution in [3.05, 3.63) is 48.0 Å². The van der Waals surface area contributed by atoms with Gasteiger partial charge >= 0.3 is 63.0 Å². The number of aromatic nitrogens is 2. The van der Waals surface area contributed by atoms with E-state index in [4.69, 9.17) is 16.6 Å². The van der Waals surface area contributed by atoms with Crippen LogP contribution in [0.25, 0.3) is 0 Å². The van der Waals surface area contributed by atoms with E-state index in [1.165, 1.54) is 24.5 Å². The second-order valence-corrected chi connectivity index (χ2v) is 3.53. The van der Waals surface area contributed by atoms with Crippen molar-refractivity contribution in [1.82, 2.24) is 4.98 Å². The summed E-state index contributed by atoms with van der Waals surface area (Å²) in [6.07, 6.45) is 2.86. The van der Waals surface area contributed by atoms with Crippen molar-refractivity contribution in [3.8, 4) is 0 Å². The Hall–Kier alpha value is -1.52. The van der Waals surface area contributed by atoms with Gasteiger partial charge in [-0.1, -0.05) is 0 Å². The second kappa shape index (κ2) is 9.42. The molecule has 6 N–H and O–H groups in total. The number of hydrogen-bond acceptors (Lipinski definition) is 6. The fourth-order valence-electron chi connectivity index (χ4n) is 1.22. The van der Waals surface area contributed by atoms with Crippen molar-refractivity contribution in [2.24, 2.45) is 0 Å². The van der Waals surface area contributed by atoms with Crippen LogP contribution in [0.15, 0.2) is 36.7 Å². The topological polar surface area (TPSA) is 156 Å². The first kappa shape index (κ1) is 19.5.